The topological polar surface area (TPSA) is 49.3 Å². The monoisotopic (exact) mass is 261 g/mol. The third-order valence-electron chi connectivity index (χ3n) is 2.81. The molecule has 0 bridgehead atoms. The molecule has 1 heterocycles. The summed E-state index contributed by atoms with van der Waals surface area (Å²) in [6.45, 7) is 1.24. The van der Waals surface area contributed by atoms with Crippen LogP contribution in [0.3, 0.4) is 0 Å². The Morgan fingerprint density at radius 1 is 1.44 bits per heavy atom. The van der Waals surface area contributed by atoms with Crippen molar-refractivity contribution in [3.63, 3.8) is 0 Å². The molecule has 1 aliphatic rings. The van der Waals surface area contributed by atoms with Crippen molar-refractivity contribution >= 4 is 30.0 Å². The first kappa shape index (κ1) is 13.3. The number of hydrogen-bond acceptors (Lipinski definition) is 2. The highest BCUT2D eigenvalue weighted by Crippen LogP contribution is 2.29. The number of carboxylic acids is 1. The summed E-state index contributed by atoms with van der Waals surface area (Å²) in [5.74, 6) is -1.06. The Kier molecular flexibility index (Phi) is 4.59. The molecule has 0 radical (unpaired) electrons. The standard InChI is InChI=1S/C11H12ClNO2.ClH/c12-8-3-1-2-7(4-8)9-5-13-6-10(9)11(14)15;/h1-4,9-10,13H,5-6H2,(H,14,15);1H. The van der Waals surface area contributed by atoms with Crippen LogP contribution in [0.25, 0.3) is 0 Å². The van der Waals surface area contributed by atoms with Gasteiger partial charge in [-0.1, -0.05) is 23.7 Å². The van der Waals surface area contributed by atoms with Gasteiger partial charge < -0.3 is 10.4 Å². The first-order chi connectivity index (χ1) is 7.18. The molecule has 0 amide bonds. The van der Waals surface area contributed by atoms with E-state index in [1.54, 1.807) is 6.07 Å². The van der Waals surface area contributed by atoms with Gasteiger partial charge in [-0.2, -0.15) is 0 Å². The number of halogens is 2. The maximum atomic E-state index is 11.0. The van der Waals surface area contributed by atoms with E-state index < -0.39 is 5.97 Å². The second kappa shape index (κ2) is 5.53. The van der Waals surface area contributed by atoms with Crippen LogP contribution in [-0.2, 0) is 4.79 Å². The molecule has 0 aromatic heterocycles. The number of aliphatic carboxylic acids is 1. The molecular weight excluding hydrogens is 249 g/mol. The summed E-state index contributed by atoms with van der Waals surface area (Å²) < 4.78 is 0. The van der Waals surface area contributed by atoms with Crippen molar-refractivity contribution in [2.75, 3.05) is 13.1 Å². The van der Waals surface area contributed by atoms with Gasteiger partial charge >= 0.3 is 5.97 Å². The Bertz CT molecular complexity index is 384. The van der Waals surface area contributed by atoms with Crippen molar-refractivity contribution in [3.05, 3.63) is 34.9 Å². The zero-order valence-electron chi connectivity index (χ0n) is 8.52. The highest BCUT2D eigenvalue weighted by molar-refractivity contribution is 6.30. The summed E-state index contributed by atoms with van der Waals surface area (Å²) in [7, 11) is 0. The molecule has 2 atom stereocenters. The van der Waals surface area contributed by atoms with Gasteiger partial charge in [-0.25, -0.2) is 0 Å². The maximum absolute atomic E-state index is 11.0. The van der Waals surface area contributed by atoms with Crippen molar-refractivity contribution in [2.24, 2.45) is 5.92 Å². The van der Waals surface area contributed by atoms with Gasteiger partial charge in [0.2, 0.25) is 0 Å². The van der Waals surface area contributed by atoms with Crippen LogP contribution in [0.1, 0.15) is 11.5 Å². The minimum Gasteiger partial charge on any atom is -0.481 e. The second-order valence-corrected chi connectivity index (χ2v) is 4.20. The lowest BCUT2D eigenvalue weighted by Crippen LogP contribution is -2.20. The fourth-order valence-electron chi connectivity index (χ4n) is 2.03. The van der Waals surface area contributed by atoms with Crippen molar-refractivity contribution in [3.8, 4) is 0 Å². The van der Waals surface area contributed by atoms with Gasteiger partial charge in [0.1, 0.15) is 0 Å². The Balaban J connectivity index is 0.00000128. The number of nitrogens with one attached hydrogen (secondary N) is 1. The molecule has 1 fully saturated rings. The predicted molar refractivity (Wildman–Crippen MR) is 65.4 cm³/mol. The molecule has 3 nitrogen and oxygen atoms in total. The minimum absolute atomic E-state index is 0. The third kappa shape index (κ3) is 2.67. The van der Waals surface area contributed by atoms with Crippen molar-refractivity contribution in [2.45, 2.75) is 5.92 Å². The van der Waals surface area contributed by atoms with Gasteiger partial charge in [0.15, 0.2) is 0 Å². The summed E-state index contributed by atoms with van der Waals surface area (Å²) in [4.78, 5) is 11.0. The molecular formula is C11H13Cl2NO2. The Labute approximate surface area is 105 Å². The average Bonchev–Trinajstić information content (AvgIpc) is 2.65. The molecule has 1 saturated heterocycles. The highest BCUT2D eigenvalue weighted by Gasteiger charge is 2.33. The van der Waals surface area contributed by atoms with Crippen LogP contribution in [0.15, 0.2) is 24.3 Å². The second-order valence-electron chi connectivity index (χ2n) is 3.76. The van der Waals surface area contributed by atoms with Crippen LogP contribution in [0, 0.1) is 5.92 Å². The van der Waals surface area contributed by atoms with Gasteiger partial charge in [0.25, 0.3) is 0 Å². The fourth-order valence-corrected chi connectivity index (χ4v) is 2.22. The van der Waals surface area contributed by atoms with Gasteiger partial charge in [0.05, 0.1) is 5.92 Å². The molecule has 2 rings (SSSR count). The van der Waals surface area contributed by atoms with Crippen molar-refractivity contribution < 1.29 is 9.90 Å². The number of carbonyl (C=O) groups is 1. The Morgan fingerprint density at radius 3 is 2.81 bits per heavy atom. The van der Waals surface area contributed by atoms with E-state index in [0.29, 0.717) is 18.1 Å². The van der Waals surface area contributed by atoms with Crippen molar-refractivity contribution in [1.29, 1.82) is 0 Å². The first-order valence-corrected chi connectivity index (χ1v) is 5.25. The summed E-state index contributed by atoms with van der Waals surface area (Å²) in [5, 5.41) is 12.8. The lowest BCUT2D eigenvalue weighted by Gasteiger charge is -2.14. The molecule has 88 valence electrons. The molecule has 1 aliphatic heterocycles. The lowest BCUT2D eigenvalue weighted by molar-refractivity contribution is -0.141. The van der Waals surface area contributed by atoms with Crippen LogP contribution >= 0.6 is 24.0 Å². The first-order valence-electron chi connectivity index (χ1n) is 4.87. The summed E-state index contributed by atoms with van der Waals surface area (Å²) in [6, 6.07) is 7.42. The number of carboxylic acid groups (broad SMARTS) is 1. The highest BCUT2D eigenvalue weighted by atomic mass is 35.5. The molecule has 0 saturated carbocycles. The third-order valence-corrected chi connectivity index (χ3v) is 3.04. The van der Waals surface area contributed by atoms with E-state index >= 15 is 0 Å². The largest absolute Gasteiger partial charge is 0.481 e. The van der Waals surface area contributed by atoms with Crippen LogP contribution in [0.5, 0.6) is 0 Å². The zero-order valence-corrected chi connectivity index (χ0v) is 10.1. The average molecular weight is 262 g/mol. The number of hydrogen-bond donors (Lipinski definition) is 2. The zero-order chi connectivity index (χ0) is 10.8. The number of rotatable bonds is 2. The molecule has 1 aromatic rings. The molecule has 1 aromatic carbocycles. The fraction of sp³-hybridized carbons (Fsp3) is 0.364. The molecule has 5 heteroatoms. The van der Waals surface area contributed by atoms with E-state index in [9.17, 15) is 4.79 Å². The van der Waals surface area contributed by atoms with Gasteiger partial charge in [-0.15, -0.1) is 12.4 Å². The summed E-state index contributed by atoms with van der Waals surface area (Å²) in [6.07, 6.45) is 0. The lowest BCUT2D eigenvalue weighted by atomic mass is 9.89. The minimum atomic E-state index is -0.745. The molecule has 16 heavy (non-hydrogen) atoms. The smallest absolute Gasteiger partial charge is 0.308 e. The summed E-state index contributed by atoms with van der Waals surface area (Å²) >= 11 is 5.88. The van der Waals surface area contributed by atoms with Crippen LogP contribution in [0.2, 0.25) is 5.02 Å². The normalized spacial score (nSPS) is 23.8. The van der Waals surface area contributed by atoms with Crippen LogP contribution in [0.4, 0.5) is 0 Å². The van der Waals surface area contributed by atoms with Crippen molar-refractivity contribution in [1.82, 2.24) is 5.32 Å². The van der Waals surface area contributed by atoms with E-state index in [-0.39, 0.29) is 24.2 Å². The van der Waals surface area contributed by atoms with E-state index in [1.807, 2.05) is 18.2 Å². The molecule has 0 spiro atoms. The molecule has 0 aliphatic carbocycles. The SMILES string of the molecule is Cl.O=C(O)C1CNCC1c1cccc(Cl)c1. The Hall–Kier alpha value is -0.770. The molecule has 2 N–H and O–H groups in total. The Morgan fingerprint density at radius 2 is 2.19 bits per heavy atom. The quantitative estimate of drug-likeness (QED) is 0.858. The van der Waals surface area contributed by atoms with Crippen LogP contribution in [-0.4, -0.2) is 24.2 Å². The van der Waals surface area contributed by atoms with Gasteiger partial charge in [0, 0.05) is 24.0 Å². The predicted octanol–water partition coefficient (Wildman–Crippen LogP) is 2.15. The van der Waals surface area contributed by atoms with E-state index in [1.165, 1.54) is 0 Å². The van der Waals surface area contributed by atoms with E-state index in [4.69, 9.17) is 16.7 Å². The molecule has 2 unspecified atom stereocenters. The number of benzene rings is 1. The van der Waals surface area contributed by atoms with Crippen LogP contribution < -0.4 is 5.32 Å². The van der Waals surface area contributed by atoms with Gasteiger partial charge in [-0.3, -0.25) is 4.79 Å². The maximum Gasteiger partial charge on any atom is 0.308 e. The summed E-state index contributed by atoms with van der Waals surface area (Å²) in [5.41, 5.74) is 1.000. The van der Waals surface area contributed by atoms with E-state index in [2.05, 4.69) is 5.32 Å². The van der Waals surface area contributed by atoms with Gasteiger partial charge in [-0.05, 0) is 17.7 Å². The van der Waals surface area contributed by atoms with E-state index in [0.717, 1.165) is 5.56 Å².